The van der Waals surface area contributed by atoms with Crippen LogP contribution >= 0.6 is 11.3 Å². The smallest absolute Gasteiger partial charge is 0.291 e. The van der Waals surface area contributed by atoms with Gasteiger partial charge >= 0.3 is 0 Å². The minimum atomic E-state index is -0.173. The average molecular weight is 436 g/mol. The van der Waals surface area contributed by atoms with Gasteiger partial charge in [0, 0.05) is 5.56 Å². The molecule has 0 amide bonds. The average Bonchev–Trinajstić information content (AvgIpc) is 3.33. The van der Waals surface area contributed by atoms with Crippen molar-refractivity contribution in [2.24, 2.45) is 0 Å². The lowest BCUT2D eigenvalue weighted by Crippen LogP contribution is -2.23. The van der Waals surface area contributed by atoms with Crippen LogP contribution in [-0.2, 0) is 0 Å². The van der Waals surface area contributed by atoms with Crippen molar-refractivity contribution in [3.05, 3.63) is 69.0 Å². The third kappa shape index (κ3) is 4.94. The number of hydrogen-bond acceptors (Lipinski definition) is 6. The molecule has 0 aliphatic rings. The second-order valence-electron chi connectivity index (χ2n) is 7.26. The van der Waals surface area contributed by atoms with E-state index in [2.05, 4.69) is 17.0 Å². The molecule has 0 saturated heterocycles. The van der Waals surface area contributed by atoms with E-state index in [1.54, 1.807) is 7.11 Å². The van der Waals surface area contributed by atoms with Gasteiger partial charge in [0.05, 0.1) is 18.2 Å². The molecule has 0 saturated carbocycles. The Morgan fingerprint density at radius 1 is 1.06 bits per heavy atom. The van der Waals surface area contributed by atoms with Crippen molar-refractivity contribution >= 4 is 22.4 Å². The Bertz CT molecular complexity index is 1260. The molecule has 4 aromatic rings. The molecule has 7 heteroatoms. The van der Waals surface area contributed by atoms with Gasteiger partial charge in [0.25, 0.3) is 5.56 Å². The number of fused-ring (bicyclic) bond motifs is 1. The quantitative estimate of drug-likeness (QED) is 0.366. The van der Waals surface area contributed by atoms with Crippen LogP contribution in [0.1, 0.15) is 38.2 Å². The third-order valence-corrected chi connectivity index (χ3v) is 5.91. The molecule has 0 atom stereocenters. The minimum absolute atomic E-state index is 0.173. The molecule has 0 spiro atoms. The summed E-state index contributed by atoms with van der Waals surface area (Å²) in [5.41, 5.74) is 1.58. The maximum absolute atomic E-state index is 12.8. The number of aromatic nitrogens is 3. The highest BCUT2D eigenvalue weighted by atomic mass is 32.1. The molecular formula is C24H25N3O3S. The van der Waals surface area contributed by atoms with Crippen LogP contribution in [0.25, 0.3) is 22.4 Å². The first kappa shape index (κ1) is 21.1. The summed E-state index contributed by atoms with van der Waals surface area (Å²) in [5, 5.41) is 4.42. The van der Waals surface area contributed by atoms with E-state index < -0.39 is 0 Å². The molecule has 0 bridgehead atoms. The highest BCUT2D eigenvalue weighted by Crippen LogP contribution is 2.21. The van der Waals surface area contributed by atoms with Crippen LogP contribution in [0.5, 0.6) is 11.5 Å². The molecule has 2 heterocycles. The monoisotopic (exact) mass is 435 g/mol. The van der Waals surface area contributed by atoms with E-state index in [1.807, 2.05) is 54.6 Å². The highest BCUT2D eigenvalue weighted by molar-refractivity contribution is 7.15. The number of ether oxygens (including phenoxy) is 2. The molecule has 0 fully saturated rings. The standard InChI is InChI=1S/C24H25N3O3S/c1-3-4-5-6-14-30-19-12-10-18(11-13-19)22-25-24-27(26-22)23(28)21(31-24)16-17-8-7-9-20(15-17)29-2/h7-13,15-16H,3-6,14H2,1-2H3. The predicted molar refractivity (Wildman–Crippen MR) is 124 cm³/mol. The van der Waals surface area contributed by atoms with Gasteiger partial charge in [0.1, 0.15) is 11.5 Å². The number of thiazole rings is 1. The van der Waals surface area contributed by atoms with Crippen molar-refractivity contribution in [2.75, 3.05) is 13.7 Å². The van der Waals surface area contributed by atoms with Gasteiger partial charge in [-0.25, -0.2) is 0 Å². The van der Waals surface area contributed by atoms with Gasteiger partial charge in [-0.3, -0.25) is 4.79 Å². The second kappa shape index (κ2) is 9.75. The lowest BCUT2D eigenvalue weighted by Gasteiger charge is -2.06. The number of hydrogen-bond donors (Lipinski definition) is 0. The van der Waals surface area contributed by atoms with E-state index in [0.29, 0.717) is 15.3 Å². The minimum Gasteiger partial charge on any atom is -0.497 e. The molecule has 2 aromatic heterocycles. The molecule has 31 heavy (non-hydrogen) atoms. The first-order chi connectivity index (χ1) is 15.2. The number of benzene rings is 2. The summed E-state index contributed by atoms with van der Waals surface area (Å²) in [6.45, 7) is 2.92. The van der Waals surface area contributed by atoms with E-state index >= 15 is 0 Å². The van der Waals surface area contributed by atoms with E-state index in [-0.39, 0.29) is 5.56 Å². The molecule has 0 unspecified atom stereocenters. The van der Waals surface area contributed by atoms with Crippen LogP contribution in [0.15, 0.2) is 53.3 Å². The van der Waals surface area contributed by atoms with Crippen LogP contribution in [0.2, 0.25) is 0 Å². The topological polar surface area (TPSA) is 65.7 Å². The van der Waals surface area contributed by atoms with Gasteiger partial charge in [-0.05, 0) is 54.5 Å². The number of methoxy groups -OCH3 is 1. The number of rotatable bonds is 9. The highest BCUT2D eigenvalue weighted by Gasteiger charge is 2.12. The molecule has 2 aromatic carbocycles. The zero-order chi connectivity index (χ0) is 21.6. The van der Waals surface area contributed by atoms with Crippen molar-refractivity contribution in [1.29, 1.82) is 0 Å². The fourth-order valence-corrected chi connectivity index (χ4v) is 4.17. The Morgan fingerprint density at radius 3 is 2.65 bits per heavy atom. The lowest BCUT2D eigenvalue weighted by atomic mass is 10.2. The first-order valence-corrected chi connectivity index (χ1v) is 11.3. The van der Waals surface area contributed by atoms with Crippen LogP contribution in [-0.4, -0.2) is 28.3 Å². The summed E-state index contributed by atoms with van der Waals surface area (Å²) >= 11 is 1.32. The van der Waals surface area contributed by atoms with Gasteiger partial charge in [0.15, 0.2) is 5.82 Å². The molecule has 0 aliphatic heterocycles. The lowest BCUT2D eigenvalue weighted by molar-refractivity contribution is 0.305. The summed E-state index contributed by atoms with van der Waals surface area (Å²) in [7, 11) is 1.62. The van der Waals surface area contributed by atoms with Crippen molar-refractivity contribution in [1.82, 2.24) is 14.6 Å². The molecule has 160 valence electrons. The van der Waals surface area contributed by atoms with Crippen molar-refractivity contribution < 1.29 is 9.47 Å². The molecule has 4 rings (SSSR count). The summed E-state index contributed by atoms with van der Waals surface area (Å²) in [6, 6.07) is 15.3. The summed E-state index contributed by atoms with van der Waals surface area (Å²) in [6.07, 6.45) is 6.55. The maximum Gasteiger partial charge on any atom is 0.291 e. The SMILES string of the molecule is CCCCCCOc1ccc(-c2nc3sc(=Cc4cccc(OC)c4)c(=O)n3n2)cc1. The Morgan fingerprint density at radius 2 is 1.90 bits per heavy atom. The Labute approximate surface area is 184 Å². The second-order valence-corrected chi connectivity index (χ2v) is 8.26. The Kier molecular flexibility index (Phi) is 6.62. The normalized spacial score (nSPS) is 11.9. The van der Waals surface area contributed by atoms with Crippen molar-refractivity contribution in [3.8, 4) is 22.9 Å². The summed E-state index contributed by atoms with van der Waals surface area (Å²) in [4.78, 5) is 17.9. The zero-order valence-electron chi connectivity index (χ0n) is 17.7. The van der Waals surface area contributed by atoms with Crippen LogP contribution in [0.4, 0.5) is 0 Å². The molecule has 0 radical (unpaired) electrons. The summed E-state index contributed by atoms with van der Waals surface area (Å²) < 4.78 is 13.0. The first-order valence-electron chi connectivity index (χ1n) is 10.5. The van der Waals surface area contributed by atoms with Crippen molar-refractivity contribution in [3.63, 3.8) is 0 Å². The fraction of sp³-hybridized carbons (Fsp3) is 0.292. The van der Waals surface area contributed by atoms with Crippen LogP contribution in [0, 0.1) is 0 Å². The molecule has 0 aliphatic carbocycles. The summed E-state index contributed by atoms with van der Waals surface area (Å²) in [5.74, 6) is 2.11. The molecule has 6 nitrogen and oxygen atoms in total. The van der Waals surface area contributed by atoms with Crippen molar-refractivity contribution in [2.45, 2.75) is 32.6 Å². The predicted octanol–water partition coefficient (Wildman–Crippen LogP) is 4.33. The van der Waals surface area contributed by atoms with Gasteiger partial charge in [-0.2, -0.15) is 9.50 Å². The fourth-order valence-electron chi connectivity index (χ4n) is 3.26. The van der Waals surface area contributed by atoms with Gasteiger partial charge in [-0.1, -0.05) is 49.7 Å². The zero-order valence-corrected chi connectivity index (χ0v) is 18.5. The molecular weight excluding hydrogens is 410 g/mol. The third-order valence-electron chi connectivity index (χ3n) is 4.95. The number of nitrogens with zero attached hydrogens (tertiary/aromatic N) is 3. The number of unbranched alkanes of at least 4 members (excludes halogenated alkanes) is 3. The Balaban J connectivity index is 1.51. The van der Waals surface area contributed by atoms with Crippen LogP contribution < -0.4 is 19.6 Å². The van der Waals surface area contributed by atoms with Gasteiger partial charge in [0.2, 0.25) is 4.96 Å². The Hall–Kier alpha value is -3.19. The van der Waals surface area contributed by atoms with E-state index in [1.165, 1.54) is 35.1 Å². The molecule has 0 N–H and O–H groups in total. The van der Waals surface area contributed by atoms with Gasteiger partial charge in [-0.15, -0.1) is 5.10 Å². The van der Waals surface area contributed by atoms with E-state index in [4.69, 9.17) is 9.47 Å². The van der Waals surface area contributed by atoms with Gasteiger partial charge < -0.3 is 9.47 Å². The maximum atomic E-state index is 12.8. The van der Waals surface area contributed by atoms with Crippen LogP contribution in [0.3, 0.4) is 0 Å². The van der Waals surface area contributed by atoms with E-state index in [0.717, 1.165) is 35.7 Å². The largest absolute Gasteiger partial charge is 0.497 e. The van der Waals surface area contributed by atoms with E-state index in [9.17, 15) is 4.79 Å².